The van der Waals surface area contributed by atoms with Gasteiger partial charge in [-0.1, -0.05) is 18.6 Å². The van der Waals surface area contributed by atoms with Crippen LogP contribution in [0, 0.1) is 27.9 Å². The van der Waals surface area contributed by atoms with E-state index in [4.69, 9.17) is 0 Å². The van der Waals surface area contributed by atoms with Crippen LogP contribution in [0.4, 0.5) is 5.69 Å². The summed E-state index contributed by atoms with van der Waals surface area (Å²) in [5, 5.41) is 14.1. The van der Waals surface area contributed by atoms with Crippen LogP contribution in [0.25, 0.3) is 0 Å². The predicted octanol–water partition coefficient (Wildman–Crippen LogP) is 2.77. The Kier molecular flexibility index (Phi) is 3.27. The average molecular weight is 260 g/mol. The van der Waals surface area contributed by atoms with Crippen LogP contribution in [-0.4, -0.2) is 18.0 Å². The number of nitrogens with zero attached hydrogens (tertiary/aromatic N) is 1. The summed E-state index contributed by atoms with van der Waals surface area (Å²) in [7, 11) is 2.03. The first kappa shape index (κ1) is 12.6. The van der Waals surface area contributed by atoms with Gasteiger partial charge in [0.05, 0.1) is 4.92 Å². The van der Waals surface area contributed by atoms with Crippen molar-refractivity contribution in [1.82, 2.24) is 5.32 Å². The molecule has 0 spiro atoms. The molecule has 19 heavy (non-hydrogen) atoms. The number of rotatable bonds is 5. The summed E-state index contributed by atoms with van der Waals surface area (Å²) in [5.41, 5.74) is 1.36. The maximum absolute atomic E-state index is 10.6. The number of non-ortho nitro benzene ring substituents is 1. The number of likely N-dealkylation sites (N-methyl/N-ethyl adjacent to an activating group) is 1. The zero-order chi connectivity index (χ0) is 13.4. The van der Waals surface area contributed by atoms with Gasteiger partial charge in [-0.25, -0.2) is 0 Å². The lowest BCUT2D eigenvalue weighted by Gasteiger charge is -2.18. The molecule has 2 saturated carbocycles. The smallest absolute Gasteiger partial charge is 0.269 e. The molecule has 3 rings (SSSR count). The average Bonchev–Trinajstić information content (AvgIpc) is 2.89. The summed E-state index contributed by atoms with van der Waals surface area (Å²) in [6.45, 7) is 0. The van der Waals surface area contributed by atoms with Gasteiger partial charge in [0, 0.05) is 18.2 Å². The second-order valence-corrected chi connectivity index (χ2v) is 5.86. The molecule has 4 heteroatoms. The van der Waals surface area contributed by atoms with Crippen LogP contribution in [0.1, 0.15) is 24.8 Å². The van der Waals surface area contributed by atoms with E-state index >= 15 is 0 Å². The molecule has 0 amide bonds. The third kappa shape index (κ3) is 2.37. The Labute approximate surface area is 113 Å². The van der Waals surface area contributed by atoms with Crippen LogP contribution >= 0.6 is 0 Å². The number of nitro groups is 1. The summed E-state index contributed by atoms with van der Waals surface area (Å²) < 4.78 is 0. The van der Waals surface area contributed by atoms with Gasteiger partial charge >= 0.3 is 0 Å². The minimum atomic E-state index is -0.343. The van der Waals surface area contributed by atoms with Gasteiger partial charge in [-0.2, -0.15) is 0 Å². The number of benzene rings is 1. The van der Waals surface area contributed by atoms with E-state index in [1.165, 1.54) is 24.8 Å². The van der Waals surface area contributed by atoms with Crippen molar-refractivity contribution in [1.29, 1.82) is 0 Å². The lowest BCUT2D eigenvalue weighted by Crippen LogP contribution is -2.31. The molecule has 2 fully saturated rings. The fourth-order valence-corrected chi connectivity index (χ4v) is 3.91. The maximum Gasteiger partial charge on any atom is 0.269 e. The number of fused-ring (bicyclic) bond motifs is 1. The predicted molar refractivity (Wildman–Crippen MR) is 74.0 cm³/mol. The molecular weight excluding hydrogens is 240 g/mol. The Balaban J connectivity index is 1.64. The number of nitro benzene ring substituents is 1. The molecular formula is C15H20N2O2. The number of hydrogen-bond donors (Lipinski definition) is 1. The van der Waals surface area contributed by atoms with Crippen LogP contribution in [0.5, 0.6) is 0 Å². The first-order valence-corrected chi connectivity index (χ1v) is 7.11. The van der Waals surface area contributed by atoms with Crippen molar-refractivity contribution in [2.24, 2.45) is 17.8 Å². The molecule has 2 aliphatic rings. The summed E-state index contributed by atoms with van der Waals surface area (Å²) in [5.74, 6) is 2.71. The fourth-order valence-electron chi connectivity index (χ4n) is 3.91. The molecule has 3 atom stereocenters. The van der Waals surface area contributed by atoms with Crippen molar-refractivity contribution in [3.63, 3.8) is 0 Å². The lowest BCUT2D eigenvalue weighted by molar-refractivity contribution is -0.384. The molecule has 0 aromatic heterocycles. The van der Waals surface area contributed by atoms with Gasteiger partial charge in [0.2, 0.25) is 0 Å². The van der Waals surface area contributed by atoms with E-state index in [2.05, 4.69) is 5.32 Å². The molecule has 1 aromatic carbocycles. The highest BCUT2D eigenvalue weighted by atomic mass is 16.6. The second-order valence-electron chi connectivity index (χ2n) is 5.86. The highest BCUT2D eigenvalue weighted by Crippen LogP contribution is 2.59. The standard InChI is InChI=1S/C15H20N2O2/c1-16-14(15-12-3-2-4-13(12)15)9-10-5-7-11(8-6-10)17(18)19/h5-8,12-16H,2-4,9H2,1H3. The van der Waals surface area contributed by atoms with Crippen LogP contribution < -0.4 is 5.32 Å². The SMILES string of the molecule is CNC(Cc1ccc([N+](=O)[O-])cc1)C1C2CCCC21. The highest BCUT2D eigenvalue weighted by Gasteiger charge is 2.55. The van der Waals surface area contributed by atoms with Gasteiger partial charge in [0.1, 0.15) is 0 Å². The Morgan fingerprint density at radius 3 is 2.47 bits per heavy atom. The third-order valence-corrected chi connectivity index (χ3v) is 4.91. The van der Waals surface area contributed by atoms with E-state index in [1.54, 1.807) is 12.1 Å². The molecule has 0 aliphatic heterocycles. The molecule has 0 heterocycles. The Hall–Kier alpha value is -1.42. The van der Waals surface area contributed by atoms with Crippen molar-refractivity contribution < 1.29 is 4.92 Å². The number of nitrogens with one attached hydrogen (secondary N) is 1. The Bertz CT molecular complexity index is 462. The van der Waals surface area contributed by atoms with Gasteiger partial charge in [-0.05, 0) is 49.6 Å². The Morgan fingerprint density at radius 1 is 1.32 bits per heavy atom. The monoisotopic (exact) mass is 260 g/mol. The Morgan fingerprint density at radius 2 is 1.95 bits per heavy atom. The van der Waals surface area contributed by atoms with Crippen molar-refractivity contribution in [3.05, 3.63) is 39.9 Å². The zero-order valence-electron chi connectivity index (χ0n) is 11.2. The molecule has 3 unspecified atom stereocenters. The topological polar surface area (TPSA) is 55.2 Å². The summed E-state index contributed by atoms with van der Waals surface area (Å²) >= 11 is 0. The van der Waals surface area contributed by atoms with Gasteiger partial charge in [-0.15, -0.1) is 0 Å². The van der Waals surface area contributed by atoms with Crippen LogP contribution in [0.3, 0.4) is 0 Å². The molecule has 0 bridgehead atoms. The lowest BCUT2D eigenvalue weighted by atomic mass is 9.97. The van der Waals surface area contributed by atoms with Crippen LogP contribution in [-0.2, 0) is 6.42 Å². The first-order chi connectivity index (χ1) is 9.20. The molecule has 4 nitrogen and oxygen atoms in total. The van der Waals surface area contributed by atoms with Crippen LogP contribution in [0.15, 0.2) is 24.3 Å². The van der Waals surface area contributed by atoms with Gasteiger partial charge in [0.25, 0.3) is 5.69 Å². The maximum atomic E-state index is 10.6. The van der Waals surface area contributed by atoms with Crippen LogP contribution in [0.2, 0.25) is 0 Å². The number of hydrogen-bond acceptors (Lipinski definition) is 3. The van der Waals surface area contributed by atoms with E-state index in [0.29, 0.717) is 6.04 Å². The van der Waals surface area contributed by atoms with E-state index < -0.39 is 0 Å². The summed E-state index contributed by atoms with van der Waals surface area (Å²) in [6.07, 6.45) is 5.17. The summed E-state index contributed by atoms with van der Waals surface area (Å²) in [6, 6.07) is 7.52. The largest absolute Gasteiger partial charge is 0.316 e. The highest BCUT2D eigenvalue weighted by molar-refractivity contribution is 5.33. The molecule has 1 aromatic rings. The van der Waals surface area contributed by atoms with Gasteiger partial charge < -0.3 is 5.32 Å². The van der Waals surface area contributed by atoms with Crippen molar-refractivity contribution >= 4 is 5.69 Å². The third-order valence-electron chi connectivity index (χ3n) is 4.91. The molecule has 0 saturated heterocycles. The molecule has 102 valence electrons. The van der Waals surface area contributed by atoms with Crippen molar-refractivity contribution in [2.45, 2.75) is 31.7 Å². The summed E-state index contributed by atoms with van der Waals surface area (Å²) in [4.78, 5) is 10.3. The second kappa shape index (κ2) is 4.93. The fraction of sp³-hybridized carbons (Fsp3) is 0.600. The quantitative estimate of drug-likeness (QED) is 0.654. The minimum absolute atomic E-state index is 0.174. The van der Waals surface area contributed by atoms with Crippen molar-refractivity contribution in [3.8, 4) is 0 Å². The molecule has 0 radical (unpaired) electrons. The minimum Gasteiger partial charge on any atom is -0.316 e. The van der Waals surface area contributed by atoms with Gasteiger partial charge in [-0.3, -0.25) is 10.1 Å². The van der Waals surface area contributed by atoms with E-state index in [9.17, 15) is 10.1 Å². The van der Waals surface area contributed by atoms with E-state index in [1.807, 2.05) is 19.2 Å². The molecule has 2 aliphatic carbocycles. The first-order valence-electron chi connectivity index (χ1n) is 7.11. The van der Waals surface area contributed by atoms with Crippen molar-refractivity contribution in [2.75, 3.05) is 7.05 Å². The van der Waals surface area contributed by atoms with E-state index in [0.717, 1.165) is 24.2 Å². The van der Waals surface area contributed by atoms with Gasteiger partial charge in [0.15, 0.2) is 0 Å². The normalized spacial score (nSPS) is 29.8. The van der Waals surface area contributed by atoms with E-state index in [-0.39, 0.29) is 10.6 Å². The molecule has 1 N–H and O–H groups in total. The zero-order valence-corrected chi connectivity index (χ0v) is 11.2.